The summed E-state index contributed by atoms with van der Waals surface area (Å²) in [5.41, 5.74) is -0.301. The standard InChI is InChI=1S/C15H8F3N3O3S2/c16-8-1-3-9(4-2-8)19-14(22)13-15(25-21-20-13)26(23,24)10-5-6-11(17)12(18)7-10/h1-7H,(H,19,22). The Morgan fingerprint density at radius 2 is 1.69 bits per heavy atom. The number of carbonyl (C=O) groups is 1. The van der Waals surface area contributed by atoms with Crippen molar-refractivity contribution in [3.63, 3.8) is 0 Å². The fourth-order valence-corrected chi connectivity index (χ4v) is 4.28. The molecule has 0 aliphatic heterocycles. The normalized spacial score (nSPS) is 11.3. The lowest BCUT2D eigenvalue weighted by molar-refractivity contribution is 0.101. The van der Waals surface area contributed by atoms with E-state index in [1.807, 2.05) is 0 Å². The van der Waals surface area contributed by atoms with Crippen molar-refractivity contribution in [1.29, 1.82) is 0 Å². The summed E-state index contributed by atoms with van der Waals surface area (Å²) in [7, 11) is -4.34. The van der Waals surface area contributed by atoms with Crippen LogP contribution in [0.25, 0.3) is 0 Å². The van der Waals surface area contributed by atoms with E-state index < -0.39 is 48.0 Å². The average molecular weight is 399 g/mol. The zero-order valence-corrected chi connectivity index (χ0v) is 14.2. The molecule has 1 heterocycles. The minimum absolute atomic E-state index is 0.209. The number of carbonyl (C=O) groups excluding carboxylic acids is 1. The molecule has 11 heteroatoms. The van der Waals surface area contributed by atoms with Crippen molar-refractivity contribution < 1.29 is 26.4 Å². The molecule has 0 spiro atoms. The summed E-state index contributed by atoms with van der Waals surface area (Å²) >= 11 is 0.417. The molecule has 1 amide bonds. The molecule has 0 unspecified atom stereocenters. The van der Waals surface area contributed by atoms with Gasteiger partial charge in [0, 0.05) is 17.2 Å². The smallest absolute Gasteiger partial charge is 0.278 e. The van der Waals surface area contributed by atoms with Crippen LogP contribution in [0.5, 0.6) is 0 Å². The Bertz CT molecular complexity index is 1080. The van der Waals surface area contributed by atoms with Crippen LogP contribution in [0.3, 0.4) is 0 Å². The number of aromatic nitrogens is 2. The van der Waals surface area contributed by atoms with Crippen molar-refractivity contribution in [2.75, 3.05) is 5.32 Å². The Balaban J connectivity index is 1.95. The van der Waals surface area contributed by atoms with Gasteiger partial charge in [0.15, 0.2) is 21.5 Å². The number of amides is 1. The van der Waals surface area contributed by atoms with Crippen LogP contribution in [0.15, 0.2) is 51.6 Å². The van der Waals surface area contributed by atoms with Crippen LogP contribution in [-0.4, -0.2) is 23.9 Å². The summed E-state index contributed by atoms with van der Waals surface area (Å²) in [6, 6.07) is 6.80. The van der Waals surface area contributed by atoms with Crippen LogP contribution >= 0.6 is 11.5 Å². The lowest BCUT2D eigenvalue weighted by atomic mass is 10.3. The first-order chi connectivity index (χ1) is 12.3. The van der Waals surface area contributed by atoms with E-state index in [4.69, 9.17) is 0 Å². The second kappa shape index (κ2) is 6.84. The number of anilines is 1. The lowest BCUT2D eigenvalue weighted by Crippen LogP contribution is -2.16. The minimum Gasteiger partial charge on any atom is -0.321 e. The second-order valence-electron chi connectivity index (χ2n) is 4.95. The predicted molar refractivity (Wildman–Crippen MR) is 86.1 cm³/mol. The molecule has 6 nitrogen and oxygen atoms in total. The van der Waals surface area contributed by atoms with E-state index in [-0.39, 0.29) is 5.69 Å². The highest BCUT2D eigenvalue weighted by molar-refractivity contribution is 7.93. The number of benzene rings is 2. The maximum absolute atomic E-state index is 13.4. The molecule has 0 aliphatic rings. The van der Waals surface area contributed by atoms with Crippen molar-refractivity contribution in [2.24, 2.45) is 0 Å². The fourth-order valence-electron chi connectivity index (χ4n) is 1.97. The van der Waals surface area contributed by atoms with Crippen molar-refractivity contribution >= 4 is 33.0 Å². The van der Waals surface area contributed by atoms with Gasteiger partial charge < -0.3 is 5.32 Å². The minimum atomic E-state index is -4.34. The fraction of sp³-hybridized carbons (Fsp3) is 0. The van der Waals surface area contributed by atoms with Gasteiger partial charge in [0.05, 0.1) is 4.90 Å². The Hall–Kier alpha value is -2.79. The first-order valence-corrected chi connectivity index (χ1v) is 9.14. The van der Waals surface area contributed by atoms with E-state index in [0.717, 1.165) is 18.2 Å². The van der Waals surface area contributed by atoms with Gasteiger partial charge in [0.25, 0.3) is 5.91 Å². The number of hydrogen-bond donors (Lipinski definition) is 1. The van der Waals surface area contributed by atoms with Crippen molar-refractivity contribution in [1.82, 2.24) is 9.59 Å². The Morgan fingerprint density at radius 3 is 2.35 bits per heavy atom. The van der Waals surface area contributed by atoms with Crippen molar-refractivity contribution in [3.8, 4) is 0 Å². The quantitative estimate of drug-likeness (QED) is 0.681. The van der Waals surface area contributed by atoms with E-state index >= 15 is 0 Å². The monoisotopic (exact) mass is 399 g/mol. The first-order valence-electron chi connectivity index (χ1n) is 6.88. The summed E-state index contributed by atoms with van der Waals surface area (Å²) in [6.07, 6.45) is 0. The number of nitrogens with zero attached hydrogens (tertiary/aromatic N) is 2. The summed E-state index contributed by atoms with van der Waals surface area (Å²) in [4.78, 5) is 11.7. The number of sulfone groups is 1. The highest BCUT2D eigenvalue weighted by atomic mass is 32.2. The molecule has 0 radical (unpaired) electrons. The van der Waals surface area contributed by atoms with Gasteiger partial charge in [-0.3, -0.25) is 4.79 Å². The van der Waals surface area contributed by atoms with Crippen LogP contribution < -0.4 is 5.32 Å². The van der Waals surface area contributed by atoms with Gasteiger partial charge in [-0.25, -0.2) is 21.6 Å². The molecule has 3 aromatic rings. The zero-order chi connectivity index (χ0) is 18.9. The summed E-state index contributed by atoms with van der Waals surface area (Å²) in [5, 5.41) is 5.85. The van der Waals surface area contributed by atoms with E-state index in [2.05, 4.69) is 14.9 Å². The molecule has 26 heavy (non-hydrogen) atoms. The Labute approximate surface area is 149 Å². The average Bonchev–Trinajstić information content (AvgIpc) is 3.10. The maximum Gasteiger partial charge on any atom is 0.278 e. The van der Waals surface area contributed by atoms with Gasteiger partial charge in [-0.1, -0.05) is 4.49 Å². The topological polar surface area (TPSA) is 89.0 Å². The lowest BCUT2D eigenvalue weighted by Gasteiger charge is -2.06. The largest absolute Gasteiger partial charge is 0.321 e. The number of nitrogens with one attached hydrogen (secondary N) is 1. The third kappa shape index (κ3) is 3.44. The van der Waals surface area contributed by atoms with Crippen molar-refractivity contribution in [2.45, 2.75) is 9.10 Å². The summed E-state index contributed by atoms with van der Waals surface area (Å²) in [5.74, 6) is -3.96. The first kappa shape index (κ1) is 18.0. The predicted octanol–water partition coefficient (Wildman–Crippen LogP) is 3.04. The molecule has 134 valence electrons. The van der Waals surface area contributed by atoms with Gasteiger partial charge in [-0.05, 0) is 42.5 Å². The second-order valence-corrected chi connectivity index (χ2v) is 7.85. The van der Waals surface area contributed by atoms with Crippen LogP contribution in [0, 0.1) is 17.5 Å². The van der Waals surface area contributed by atoms with Crippen LogP contribution in [0.1, 0.15) is 10.5 Å². The Morgan fingerprint density at radius 1 is 1.00 bits per heavy atom. The molecule has 0 saturated heterocycles. The molecule has 0 fully saturated rings. The highest BCUT2D eigenvalue weighted by Gasteiger charge is 2.29. The number of rotatable bonds is 4. The molecule has 1 N–H and O–H groups in total. The molecular formula is C15H8F3N3O3S2. The Kier molecular flexibility index (Phi) is 4.74. The van der Waals surface area contributed by atoms with Crippen LogP contribution in [-0.2, 0) is 9.84 Å². The molecule has 2 aromatic carbocycles. The van der Waals surface area contributed by atoms with Gasteiger partial charge in [-0.15, -0.1) is 5.10 Å². The van der Waals surface area contributed by atoms with Gasteiger partial charge in [0.1, 0.15) is 5.82 Å². The SMILES string of the molecule is O=C(Nc1ccc(F)cc1)c1nnsc1S(=O)(=O)c1ccc(F)c(F)c1. The molecule has 1 aromatic heterocycles. The third-order valence-corrected chi connectivity index (χ3v) is 6.18. The van der Waals surface area contributed by atoms with E-state index in [0.29, 0.717) is 23.7 Å². The summed E-state index contributed by atoms with van der Waals surface area (Å²) in [6.45, 7) is 0. The van der Waals surface area contributed by atoms with Crippen molar-refractivity contribution in [3.05, 3.63) is 65.6 Å². The van der Waals surface area contributed by atoms with Gasteiger partial charge in [0.2, 0.25) is 9.84 Å². The molecule has 0 aliphatic carbocycles. The zero-order valence-electron chi connectivity index (χ0n) is 12.6. The van der Waals surface area contributed by atoms with Crippen LogP contribution in [0.2, 0.25) is 0 Å². The van der Waals surface area contributed by atoms with E-state index in [1.165, 1.54) is 12.1 Å². The highest BCUT2D eigenvalue weighted by Crippen LogP contribution is 2.27. The summed E-state index contributed by atoms with van der Waals surface area (Å²) < 4.78 is 67.4. The number of halogens is 3. The molecule has 0 atom stereocenters. The van der Waals surface area contributed by atoms with Crippen LogP contribution in [0.4, 0.5) is 18.9 Å². The van der Waals surface area contributed by atoms with E-state index in [9.17, 15) is 26.4 Å². The number of hydrogen-bond acceptors (Lipinski definition) is 6. The molecule has 3 rings (SSSR count). The molecule has 0 saturated carbocycles. The van der Waals surface area contributed by atoms with Gasteiger partial charge in [-0.2, -0.15) is 0 Å². The molecular weight excluding hydrogens is 391 g/mol. The van der Waals surface area contributed by atoms with E-state index in [1.54, 1.807) is 0 Å². The third-order valence-electron chi connectivity index (χ3n) is 3.22. The maximum atomic E-state index is 13.4. The van der Waals surface area contributed by atoms with Gasteiger partial charge >= 0.3 is 0 Å². The molecule has 0 bridgehead atoms.